The number of ether oxygens (including phenoxy) is 2. The molecular formula is C19H16BrIN2O3. The van der Waals surface area contributed by atoms with Crippen molar-refractivity contribution in [3.05, 3.63) is 55.6 Å². The van der Waals surface area contributed by atoms with Gasteiger partial charge in [-0.25, -0.2) is 0 Å². The minimum absolute atomic E-state index is 0.0113. The van der Waals surface area contributed by atoms with Gasteiger partial charge in [0.1, 0.15) is 11.6 Å². The SMILES string of the molecule is CCOc1c(Br)cc(/C=C(/C#N)C(=O)Nc2ccccc2I)cc1OC. The fourth-order valence-corrected chi connectivity index (χ4v) is 3.27. The first-order chi connectivity index (χ1) is 12.5. The Morgan fingerprint density at radius 3 is 2.73 bits per heavy atom. The van der Waals surface area contributed by atoms with Crippen LogP contribution >= 0.6 is 38.5 Å². The molecule has 0 atom stereocenters. The smallest absolute Gasteiger partial charge is 0.266 e. The fourth-order valence-electron chi connectivity index (χ4n) is 2.18. The Kier molecular flexibility index (Phi) is 7.48. The van der Waals surface area contributed by atoms with E-state index in [1.807, 2.05) is 31.2 Å². The maximum Gasteiger partial charge on any atom is 0.266 e. The number of halogens is 2. The zero-order valence-electron chi connectivity index (χ0n) is 14.2. The van der Waals surface area contributed by atoms with E-state index in [0.29, 0.717) is 33.8 Å². The molecule has 0 saturated carbocycles. The third-order valence-electron chi connectivity index (χ3n) is 3.34. The van der Waals surface area contributed by atoms with Crippen LogP contribution in [0.3, 0.4) is 0 Å². The Labute approximate surface area is 174 Å². The van der Waals surface area contributed by atoms with Gasteiger partial charge in [-0.1, -0.05) is 12.1 Å². The number of carbonyl (C=O) groups excluding carboxylic acids is 1. The molecule has 0 radical (unpaired) electrons. The average Bonchev–Trinajstić information content (AvgIpc) is 2.63. The van der Waals surface area contributed by atoms with Gasteiger partial charge in [0, 0.05) is 3.57 Å². The normalized spacial score (nSPS) is 10.8. The first kappa shape index (κ1) is 20.3. The summed E-state index contributed by atoms with van der Waals surface area (Å²) >= 11 is 5.56. The van der Waals surface area contributed by atoms with Crippen LogP contribution in [0, 0.1) is 14.9 Å². The van der Waals surface area contributed by atoms with Gasteiger partial charge < -0.3 is 14.8 Å². The monoisotopic (exact) mass is 526 g/mol. The van der Waals surface area contributed by atoms with Crippen molar-refractivity contribution in [3.63, 3.8) is 0 Å². The molecule has 0 aliphatic rings. The summed E-state index contributed by atoms with van der Waals surface area (Å²) in [6, 6.07) is 12.8. The van der Waals surface area contributed by atoms with Gasteiger partial charge in [0.25, 0.3) is 5.91 Å². The summed E-state index contributed by atoms with van der Waals surface area (Å²) in [5, 5.41) is 12.1. The quantitative estimate of drug-likeness (QED) is 0.326. The molecule has 2 rings (SSSR count). The van der Waals surface area contributed by atoms with Gasteiger partial charge in [0.05, 0.1) is 23.9 Å². The Hall–Kier alpha value is -2.05. The standard InChI is InChI=1S/C19H16BrIN2O3/c1-3-26-18-14(20)9-12(10-17(18)25-2)8-13(11-22)19(24)23-16-7-5-4-6-15(16)21/h4-10H,3H2,1-2H3,(H,23,24)/b13-8-. The fraction of sp³-hybridized carbons (Fsp3) is 0.158. The van der Waals surface area contributed by atoms with Gasteiger partial charge in [0.2, 0.25) is 0 Å². The third-order valence-corrected chi connectivity index (χ3v) is 4.87. The number of nitrogens with zero attached hydrogens (tertiary/aromatic N) is 1. The lowest BCUT2D eigenvalue weighted by Crippen LogP contribution is -2.14. The Morgan fingerprint density at radius 2 is 2.12 bits per heavy atom. The number of rotatable bonds is 6. The molecule has 0 saturated heterocycles. The molecule has 0 bridgehead atoms. The number of hydrogen-bond acceptors (Lipinski definition) is 4. The van der Waals surface area contributed by atoms with E-state index in [-0.39, 0.29) is 5.57 Å². The van der Waals surface area contributed by atoms with Gasteiger partial charge in [0.15, 0.2) is 11.5 Å². The molecule has 2 aromatic rings. The van der Waals surface area contributed by atoms with Crippen molar-refractivity contribution in [2.45, 2.75) is 6.92 Å². The number of amides is 1. The summed E-state index contributed by atoms with van der Waals surface area (Å²) in [6.07, 6.45) is 1.51. The van der Waals surface area contributed by atoms with Crippen LogP contribution in [0.5, 0.6) is 11.5 Å². The molecule has 0 spiro atoms. The first-order valence-electron chi connectivity index (χ1n) is 7.68. The van der Waals surface area contributed by atoms with Gasteiger partial charge in [-0.15, -0.1) is 0 Å². The first-order valence-corrected chi connectivity index (χ1v) is 9.55. The maximum atomic E-state index is 12.4. The van der Waals surface area contributed by atoms with Crippen molar-refractivity contribution in [1.82, 2.24) is 0 Å². The summed E-state index contributed by atoms with van der Waals surface area (Å²) < 4.78 is 12.5. The zero-order valence-corrected chi connectivity index (χ0v) is 17.9. The highest BCUT2D eigenvalue weighted by atomic mass is 127. The molecule has 0 aliphatic carbocycles. The van der Waals surface area contributed by atoms with E-state index in [9.17, 15) is 10.1 Å². The van der Waals surface area contributed by atoms with Gasteiger partial charge in [-0.3, -0.25) is 4.79 Å². The molecule has 0 aliphatic heterocycles. The summed E-state index contributed by atoms with van der Waals surface area (Å²) in [5.41, 5.74) is 1.29. The summed E-state index contributed by atoms with van der Waals surface area (Å²) in [7, 11) is 1.53. The van der Waals surface area contributed by atoms with E-state index >= 15 is 0 Å². The lowest BCUT2D eigenvalue weighted by Gasteiger charge is -2.12. The van der Waals surface area contributed by atoms with E-state index < -0.39 is 5.91 Å². The molecule has 0 unspecified atom stereocenters. The van der Waals surface area contributed by atoms with Crippen LogP contribution in [0.15, 0.2) is 46.4 Å². The van der Waals surface area contributed by atoms with Crippen LogP contribution in [-0.4, -0.2) is 19.6 Å². The van der Waals surface area contributed by atoms with Gasteiger partial charge in [-0.05, 0) is 81.3 Å². The topological polar surface area (TPSA) is 71.3 Å². The Morgan fingerprint density at radius 1 is 1.38 bits per heavy atom. The number of para-hydroxylation sites is 1. The molecule has 1 amide bonds. The molecule has 5 nitrogen and oxygen atoms in total. The zero-order chi connectivity index (χ0) is 19.1. The van der Waals surface area contributed by atoms with Crippen LogP contribution in [0.25, 0.3) is 6.08 Å². The molecule has 0 heterocycles. The van der Waals surface area contributed by atoms with Crippen molar-refractivity contribution >= 4 is 56.2 Å². The van der Waals surface area contributed by atoms with Gasteiger partial charge >= 0.3 is 0 Å². The van der Waals surface area contributed by atoms with Crippen molar-refractivity contribution in [2.24, 2.45) is 0 Å². The van der Waals surface area contributed by atoms with Crippen molar-refractivity contribution in [3.8, 4) is 17.6 Å². The van der Waals surface area contributed by atoms with Crippen LogP contribution in [0.2, 0.25) is 0 Å². The number of methoxy groups -OCH3 is 1. The number of hydrogen-bond donors (Lipinski definition) is 1. The number of benzene rings is 2. The minimum atomic E-state index is -0.472. The van der Waals surface area contributed by atoms with E-state index in [1.165, 1.54) is 13.2 Å². The highest BCUT2D eigenvalue weighted by Crippen LogP contribution is 2.37. The Balaban J connectivity index is 2.34. The second-order valence-corrected chi connectivity index (χ2v) is 7.09. The van der Waals surface area contributed by atoms with Crippen LogP contribution < -0.4 is 14.8 Å². The predicted molar refractivity (Wildman–Crippen MR) is 113 cm³/mol. The molecular weight excluding hydrogens is 511 g/mol. The summed E-state index contributed by atoms with van der Waals surface area (Å²) in [5.74, 6) is 0.623. The molecule has 134 valence electrons. The number of anilines is 1. The number of carbonyl (C=O) groups is 1. The minimum Gasteiger partial charge on any atom is -0.493 e. The van der Waals surface area contributed by atoms with Crippen molar-refractivity contribution in [1.29, 1.82) is 5.26 Å². The summed E-state index contributed by atoms with van der Waals surface area (Å²) in [6.45, 7) is 2.37. The highest BCUT2D eigenvalue weighted by Gasteiger charge is 2.14. The molecule has 26 heavy (non-hydrogen) atoms. The van der Waals surface area contributed by atoms with Gasteiger partial charge in [-0.2, -0.15) is 5.26 Å². The highest BCUT2D eigenvalue weighted by molar-refractivity contribution is 14.1. The second-order valence-electron chi connectivity index (χ2n) is 5.07. The van der Waals surface area contributed by atoms with Crippen LogP contribution in [0.1, 0.15) is 12.5 Å². The molecule has 1 N–H and O–H groups in total. The Bertz CT molecular complexity index is 891. The maximum absolute atomic E-state index is 12.4. The molecule has 7 heteroatoms. The second kappa shape index (κ2) is 9.59. The largest absolute Gasteiger partial charge is 0.493 e. The molecule has 2 aromatic carbocycles. The average molecular weight is 527 g/mol. The predicted octanol–water partition coefficient (Wildman–Crippen LogP) is 5.01. The van der Waals surface area contributed by atoms with E-state index in [0.717, 1.165) is 3.57 Å². The lowest BCUT2D eigenvalue weighted by atomic mass is 10.1. The molecule has 0 fully saturated rings. The van der Waals surface area contributed by atoms with Crippen LogP contribution in [-0.2, 0) is 4.79 Å². The van der Waals surface area contributed by atoms with E-state index in [4.69, 9.17) is 9.47 Å². The van der Waals surface area contributed by atoms with Crippen LogP contribution in [0.4, 0.5) is 5.69 Å². The van der Waals surface area contributed by atoms with Crippen molar-refractivity contribution in [2.75, 3.05) is 19.0 Å². The van der Waals surface area contributed by atoms with E-state index in [1.54, 1.807) is 18.2 Å². The molecule has 0 aromatic heterocycles. The lowest BCUT2D eigenvalue weighted by molar-refractivity contribution is -0.112. The number of nitriles is 1. The number of nitrogens with one attached hydrogen (secondary N) is 1. The van der Waals surface area contributed by atoms with Crippen molar-refractivity contribution < 1.29 is 14.3 Å². The third kappa shape index (κ3) is 4.99. The summed E-state index contributed by atoms with van der Waals surface area (Å²) in [4.78, 5) is 12.4. The van der Waals surface area contributed by atoms with E-state index in [2.05, 4.69) is 43.8 Å².